The van der Waals surface area contributed by atoms with E-state index in [0.717, 1.165) is 23.4 Å². The molecule has 2 aromatic rings. The quantitative estimate of drug-likeness (QED) is 0.755. The summed E-state index contributed by atoms with van der Waals surface area (Å²) in [5.74, 6) is -0.721. The molecule has 9 heteroatoms. The lowest BCUT2D eigenvalue weighted by molar-refractivity contribution is -0.114. The molecule has 0 aromatic heterocycles. The summed E-state index contributed by atoms with van der Waals surface area (Å²) in [6.07, 6.45) is 2.93. The van der Waals surface area contributed by atoms with Gasteiger partial charge in [-0.15, -0.1) is 0 Å². The van der Waals surface area contributed by atoms with Crippen LogP contribution < -0.4 is 9.62 Å². The molecular formula is C20H22ClN3O4S. The predicted octanol–water partition coefficient (Wildman–Crippen LogP) is 2.98. The molecule has 1 aliphatic heterocycles. The van der Waals surface area contributed by atoms with Gasteiger partial charge in [0.2, 0.25) is 15.9 Å². The van der Waals surface area contributed by atoms with Crippen LogP contribution in [0, 0.1) is 0 Å². The lowest BCUT2D eigenvalue weighted by Gasteiger charge is -2.23. The van der Waals surface area contributed by atoms with Gasteiger partial charge in [-0.1, -0.05) is 35.9 Å². The second-order valence-electron chi connectivity index (χ2n) is 6.81. The molecule has 1 aliphatic rings. The summed E-state index contributed by atoms with van der Waals surface area (Å²) in [4.78, 5) is 27.2. The van der Waals surface area contributed by atoms with Crippen LogP contribution in [0.4, 0.5) is 11.4 Å². The van der Waals surface area contributed by atoms with Gasteiger partial charge in [-0.25, -0.2) is 8.42 Å². The largest absolute Gasteiger partial charge is 0.339 e. The maximum atomic E-state index is 12.7. The van der Waals surface area contributed by atoms with Crippen LogP contribution in [0.1, 0.15) is 23.2 Å². The summed E-state index contributed by atoms with van der Waals surface area (Å²) >= 11 is 6.12. The van der Waals surface area contributed by atoms with Crippen molar-refractivity contribution in [2.24, 2.45) is 0 Å². The standard InChI is InChI=1S/C20H22ClN3O4S/c1-29(27,28)24(18-11-5-3-9-16(18)21)14-19(25)22-17-10-4-2-8-15(17)20(26)23-12-6-7-13-23/h2-5,8-11H,6-7,12-14H2,1H3,(H,22,25). The molecule has 1 heterocycles. The van der Waals surface area contributed by atoms with Gasteiger partial charge in [-0.2, -0.15) is 0 Å². The highest BCUT2D eigenvalue weighted by Crippen LogP contribution is 2.27. The molecule has 1 saturated heterocycles. The van der Waals surface area contributed by atoms with Crippen molar-refractivity contribution in [3.63, 3.8) is 0 Å². The minimum Gasteiger partial charge on any atom is -0.339 e. The molecular weight excluding hydrogens is 414 g/mol. The average Bonchev–Trinajstić information content (AvgIpc) is 3.21. The van der Waals surface area contributed by atoms with E-state index in [1.54, 1.807) is 47.4 Å². The van der Waals surface area contributed by atoms with Crippen molar-refractivity contribution in [3.8, 4) is 0 Å². The van der Waals surface area contributed by atoms with Gasteiger partial charge in [0.1, 0.15) is 6.54 Å². The summed E-state index contributed by atoms with van der Waals surface area (Å²) in [5, 5.41) is 2.89. The molecule has 0 unspecified atom stereocenters. The highest BCUT2D eigenvalue weighted by Gasteiger charge is 2.25. The van der Waals surface area contributed by atoms with Crippen molar-refractivity contribution in [2.45, 2.75) is 12.8 Å². The molecule has 0 spiro atoms. The Morgan fingerprint density at radius 2 is 1.69 bits per heavy atom. The average molecular weight is 436 g/mol. The van der Waals surface area contributed by atoms with Gasteiger partial charge in [0.15, 0.2) is 0 Å². The van der Waals surface area contributed by atoms with Crippen molar-refractivity contribution >= 4 is 44.8 Å². The maximum absolute atomic E-state index is 12.7. The van der Waals surface area contributed by atoms with Crippen LogP contribution >= 0.6 is 11.6 Å². The lowest BCUT2D eigenvalue weighted by atomic mass is 10.1. The Hall–Kier alpha value is -2.58. The Kier molecular flexibility index (Phi) is 6.44. The number of benzene rings is 2. The van der Waals surface area contributed by atoms with Crippen molar-refractivity contribution in [2.75, 3.05) is 35.5 Å². The number of amides is 2. The monoisotopic (exact) mass is 435 g/mol. The van der Waals surface area contributed by atoms with E-state index in [2.05, 4.69) is 5.32 Å². The minimum atomic E-state index is -3.75. The zero-order chi connectivity index (χ0) is 21.0. The van der Waals surface area contributed by atoms with Crippen LogP contribution in [0.3, 0.4) is 0 Å². The van der Waals surface area contributed by atoms with E-state index in [1.165, 1.54) is 6.07 Å². The molecule has 2 amide bonds. The topological polar surface area (TPSA) is 86.8 Å². The molecule has 7 nitrogen and oxygen atoms in total. The van der Waals surface area contributed by atoms with Gasteiger partial charge in [0, 0.05) is 13.1 Å². The smallest absolute Gasteiger partial charge is 0.255 e. The molecule has 154 valence electrons. The number of carbonyl (C=O) groups is 2. The van der Waals surface area contributed by atoms with E-state index in [9.17, 15) is 18.0 Å². The number of carbonyl (C=O) groups excluding carboxylic acids is 2. The fourth-order valence-corrected chi connectivity index (χ4v) is 4.38. The normalized spacial score (nSPS) is 13.9. The molecule has 0 aliphatic carbocycles. The number of hydrogen-bond acceptors (Lipinski definition) is 4. The van der Waals surface area contributed by atoms with E-state index in [-0.39, 0.29) is 16.6 Å². The number of rotatable bonds is 6. The Morgan fingerprint density at radius 1 is 1.07 bits per heavy atom. The third-order valence-corrected chi connectivity index (χ3v) is 6.08. The number of hydrogen-bond donors (Lipinski definition) is 1. The van der Waals surface area contributed by atoms with E-state index < -0.39 is 22.5 Å². The predicted molar refractivity (Wildman–Crippen MR) is 114 cm³/mol. The molecule has 0 radical (unpaired) electrons. The number of nitrogens with one attached hydrogen (secondary N) is 1. The Bertz CT molecular complexity index is 1020. The van der Waals surface area contributed by atoms with Gasteiger partial charge < -0.3 is 10.2 Å². The van der Waals surface area contributed by atoms with Gasteiger partial charge in [-0.3, -0.25) is 13.9 Å². The second-order valence-corrected chi connectivity index (χ2v) is 9.13. The Morgan fingerprint density at radius 3 is 2.34 bits per heavy atom. The Balaban J connectivity index is 1.81. The van der Waals surface area contributed by atoms with E-state index in [0.29, 0.717) is 24.3 Å². The molecule has 1 N–H and O–H groups in total. The zero-order valence-corrected chi connectivity index (χ0v) is 17.5. The van der Waals surface area contributed by atoms with Gasteiger partial charge in [0.25, 0.3) is 5.91 Å². The van der Waals surface area contributed by atoms with Crippen LogP contribution in [0.15, 0.2) is 48.5 Å². The summed E-state index contributed by atoms with van der Waals surface area (Å²) in [6.45, 7) is 0.916. The first-order valence-electron chi connectivity index (χ1n) is 9.18. The SMILES string of the molecule is CS(=O)(=O)N(CC(=O)Nc1ccccc1C(=O)N1CCCC1)c1ccccc1Cl. The van der Waals surface area contributed by atoms with Crippen molar-refractivity contribution in [1.29, 1.82) is 0 Å². The van der Waals surface area contributed by atoms with Crippen molar-refractivity contribution < 1.29 is 18.0 Å². The third-order valence-electron chi connectivity index (χ3n) is 4.63. The summed E-state index contributed by atoms with van der Waals surface area (Å²) in [7, 11) is -3.75. The fourth-order valence-electron chi connectivity index (χ4n) is 3.22. The molecule has 0 atom stereocenters. The lowest BCUT2D eigenvalue weighted by Crippen LogP contribution is -2.38. The summed E-state index contributed by atoms with van der Waals surface area (Å²) in [6, 6.07) is 13.1. The summed E-state index contributed by atoms with van der Waals surface area (Å²) in [5.41, 5.74) is 0.946. The van der Waals surface area contributed by atoms with Crippen LogP contribution in [-0.4, -0.2) is 51.0 Å². The number of halogens is 1. The van der Waals surface area contributed by atoms with Gasteiger partial charge in [0.05, 0.1) is 28.2 Å². The summed E-state index contributed by atoms with van der Waals surface area (Å²) < 4.78 is 25.4. The van der Waals surface area contributed by atoms with E-state index >= 15 is 0 Å². The molecule has 0 saturated carbocycles. The van der Waals surface area contributed by atoms with Crippen LogP contribution in [-0.2, 0) is 14.8 Å². The van der Waals surface area contributed by atoms with Crippen LogP contribution in [0.2, 0.25) is 5.02 Å². The number of nitrogens with zero attached hydrogens (tertiary/aromatic N) is 2. The Labute approximate surface area is 175 Å². The number of sulfonamides is 1. The first kappa shape index (κ1) is 21.1. The molecule has 1 fully saturated rings. The maximum Gasteiger partial charge on any atom is 0.255 e. The van der Waals surface area contributed by atoms with Gasteiger partial charge in [-0.05, 0) is 37.1 Å². The molecule has 0 bridgehead atoms. The van der Waals surface area contributed by atoms with Crippen LogP contribution in [0.25, 0.3) is 0 Å². The third kappa shape index (κ3) is 5.07. The number of likely N-dealkylation sites (tertiary alicyclic amines) is 1. The second kappa shape index (κ2) is 8.84. The number of anilines is 2. The molecule has 29 heavy (non-hydrogen) atoms. The fraction of sp³-hybridized carbons (Fsp3) is 0.300. The molecule has 3 rings (SSSR count). The first-order chi connectivity index (χ1) is 13.8. The van der Waals surface area contributed by atoms with E-state index in [4.69, 9.17) is 11.6 Å². The van der Waals surface area contributed by atoms with Crippen molar-refractivity contribution in [1.82, 2.24) is 4.90 Å². The van der Waals surface area contributed by atoms with Crippen LogP contribution in [0.5, 0.6) is 0 Å². The minimum absolute atomic E-state index is 0.149. The van der Waals surface area contributed by atoms with Gasteiger partial charge >= 0.3 is 0 Å². The van der Waals surface area contributed by atoms with Crippen molar-refractivity contribution in [3.05, 3.63) is 59.1 Å². The molecule has 2 aromatic carbocycles. The highest BCUT2D eigenvalue weighted by molar-refractivity contribution is 7.92. The highest BCUT2D eigenvalue weighted by atomic mass is 35.5. The first-order valence-corrected chi connectivity index (χ1v) is 11.4. The zero-order valence-electron chi connectivity index (χ0n) is 16.0. The van der Waals surface area contributed by atoms with E-state index in [1.807, 2.05) is 0 Å². The number of para-hydroxylation sites is 2.